The van der Waals surface area contributed by atoms with E-state index in [4.69, 9.17) is 4.42 Å². The van der Waals surface area contributed by atoms with Gasteiger partial charge >= 0.3 is 0 Å². The Morgan fingerprint density at radius 2 is 2.24 bits per heavy atom. The summed E-state index contributed by atoms with van der Waals surface area (Å²) in [5.74, 6) is 0.334. The van der Waals surface area contributed by atoms with Crippen LogP contribution in [0.4, 0.5) is 5.00 Å². The third-order valence-electron chi connectivity index (χ3n) is 4.06. The molecular weight excluding hydrogens is 362 g/mol. The van der Waals surface area contributed by atoms with Crippen LogP contribution in [0.3, 0.4) is 0 Å². The molecule has 2 aromatic rings. The highest BCUT2D eigenvalue weighted by molar-refractivity contribution is 7.18. The molecule has 0 saturated carbocycles. The normalized spacial score (nSPS) is 16.8. The third-order valence-corrected chi connectivity index (χ3v) is 5.21. The fraction of sp³-hybridized carbons (Fsp3) is 0.412. The van der Waals surface area contributed by atoms with E-state index < -0.39 is 0 Å². The number of nitrogens with one attached hydrogen (secondary N) is 3. The molecule has 0 aromatic carbocycles. The van der Waals surface area contributed by atoms with Gasteiger partial charge in [-0.1, -0.05) is 0 Å². The fourth-order valence-electron chi connectivity index (χ4n) is 2.77. The van der Waals surface area contributed by atoms with Gasteiger partial charge in [0.15, 0.2) is 5.76 Å². The smallest absolute Gasteiger partial charge is 0.291 e. The number of halogens is 1. The second-order valence-electron chi connectivity index (χ2n) is 5.98. The Hall–Kier alpha value is -1.83. The summed E-state index contributed by atoms with van der Waals surface area (Å²) < 4.78 is 5.07. The number of hydrogen-bond donors (Lipinski definition) is 3. The Bertz CT molecular complexity index is 709. The molecule has 2 aromatic heterocycles. The first kappa shape index (κ1) is 19.5. The third kappa shape index (κ3) is 5.07. The molecule has 1 aliphatic heterocycles. The zero-order valence-corrected chi connectivity index (χ0v) is 15.6. The topological polar surface area (TPSA) is 83.4 Å². The van der Waals surface area contributed by atoms with Crippen LogP contribution in [0.25, 0.3) is 0 Å². The first-order valence-electron chi connectivity index (χ1n) is 8.07. The average molecular weight is 384 g/mol. The van der Waals surface area contributed by atoms with Crippen LogP contribution in [0.2, 0.25) is 0 Å². The molecule has 0 radical (unpaired) electrons. The molecule has 6 nitrogen and oxygen atoms in total. The Balaban J connectivity index is 0.00000225. The molecular formula is C17H22ClN3O3S. The molecule has 3 heterocycles. The number of carbonyl (C=O) groups excluding carboxylic acids is 2. The van der Waals surface area contributed by atoms with Crippen LogP contribution < -0.4 is 16.0 Å². The summed E-state index contributed by atoms with van der Waals surface area (Å²) in [7, 11) is 0. The van der Waals surface area contributed by atoms with E-state index in [1.54, 1.807) is 12.1 Å². The van der Waals surface area contributed by atoms with Gasteiger partial charge in [0.25, 0.3) is 11.8 Å². The van der Waals surface area contributed by atoms with Crippen LogP contribution in [-0.2, 0) is 0 Å². The van der Waals surface area contributed by atoms with E-state index in [1.807, 2.05) is 13.0 Å². The fourth-order valence-corrected chi connectivity index (χ4v) is 3.75. The highest BCUT2D eigenvalue weighted by Gasteiger charge is 2.18. The summed E-state index contributed by atoms with van der Waals surface area (Å²) in [5.41, 5.74) is 0.856. The van der Waals surface area contributed by atoms with Crippen LogP contribution in [0, 0.1) is 12.8 Å². The van der Waals surface area contributed by atoms with Crippen molar-refractivity contribution in [1.82, 2.24) is 10.6 Å². The number of carbonyl (C=O) groups is 2. The van der Waals surface area contributed by atoms with Crippen molar-refractivity contribution in [3.05, 3.63) is 40.7 Å². The lowest BCUT2D eigenvalue weighted by Gasteiger charge is -2.22. The van der Waals surface area contributed by atoms with Gasteiger partial charge in [-0.3, -0.25) is 9.59 Å². The number of hydrogen-bond acceptors (Lipinski definition) is 5. The monoisotopic (exact) mass is 383 g/mol. The van der Waals surface area contributed by atoms with Crippen LogP contribution in [0.1, 0.15) is 38.6 Å². The molecule has 1 atom stereocenters. The van der Waals surface area contributed by atoms with Gasteiger partial charge in [0.2, 0.25) is 0 Å². The summed E-state index contributed by atoms with van der Waals surface area (Å²) in [6.45, 7) is 4.56. The van der Waals surface area contributed by atoms with Crippen LogP contribution >= 0.6 is 23.7 Å². The molecule has 0 bridgehead atoms. The zero-order chi connectivity index (χ0) is 16.9. The van der Waals surface area contributed by atoms with E-state index >= 15 is 0 Å². The van der Waals surface area contributed by atoms with Crippen molar-refractivity contribution < 1.29 is 14.0 Å². The summed E-state index contributed by atoms with van der Waals surface area (Å²) >= 11 is 1.28. The Labute approximate surface area is 156 Å². The molecule has 1 unspecified atom stereocenters. The summed E-state index contributed by atoms with van der Waals surface area (Å²) in [6.07, 6.45) is 3.75. The van der Waals surface area contributed by atoms with E-state index in [0.29, 0.717) is 22.3 Å². The van der Waals surface area contributed by atoms with Crippen molar-refractivity contribution in [3.8, 4) is 0 Å². The first-order valence-corrected chi connectivity index (χ1v) is 8.89. The van der Waals surface area contributed by atoms with E-state index in [1.165, 1.54) is 17.6 Å². The predicted molar refractivity (Wildman–Crippen MR) is 101 cm³/mol. The van der Waals surface area contributed by atoms with Gasteiger partial charge in [-0.05, 0) is 62.5 Å². The minimum Gasteiger partial charge on any atom is -0.459 e. The molecule has 0 aliphatic carbocycles. The maximum atomic E-state index is 12.4. The minimum absolute atomic E-state index is 0. The Morgan fingerprint density at radius 1 is 1.40 bits per heavy atom. The summed E-state index contributed by atoms with van der Waals surface area (Å²) in [5, 5.41) is 9.75. The maximum Gasteiger partial charge on any atom is 0.291 e. The number of rotatable bonds is 5. The van der Waals surface area contributed by atoms with Crippen molar-refractivity contribution >= 4 is 40.6 Å². The van der Waals surface area contributed by atoms with Crippen molar-refractivity contribution in [3.63, 3.8) is 0 Å². The van der Waals surface area contributed by atoms with Crippen molar-refractivity contribution in [1.29, 1.82) is 0 Å². The van der Waals surface area contributed by atoms with E-state index in [9.17, 15) is 9.59 Å². The number of furan rings is 1. The molecule has 25 heavy (non-hydrogen) atoms. The first-order chi connectivity index (χ1) is 11.6. The van der Waals surface area contributed by atoms with Crippen molar-refractivity contribution in [2.45, 2.75) is 19.8 Å². The van der Waals surface area contributed by atoms with Gasteiger partial charge in [0.1, 0.15) is 0 Å². The molecule has 3 rings (SSSR count). The zero-order valence-electron chi connectivity index (χ0n) is 14.0. The highest BCUT2D eigenvalue weighted by Crippen LogP contribution is 2.27. The second kappa shape index (κ2) is 9.03. The number of amides is 2. The van der Waals surface area contributed by atoms with Crippen molar-refractivity contribution in [2.75, 3.05) is 25.0 Å². The molecule has 3 N–H and O–H groups in total. The molecule has 2 amide bonds. The highest BCUT2D eigenvalue weighted by atomic mass is 35.5. The van der Waals surface area contributed by atoms with E-state index in [2.05, 4.69) is 16.0 Å². The summed E-state index contributed by atoms with van der Waals surface area (Å²) in [6, 6.07) is 5.07. The van der Waals surface area contributed by atoms with Gasteiger partial charge in [0.05, 0.1) is 16.1 Å². The predicted octanol–water partition coefficient (Wildman–Crippen LogP) is 3.05. The van der Waals surface area contributed by atoms with Gasteiger partial charge in [-0.25, -0.2) is 0 Å². The standard InChI is InChI=1S/C17H21N3O3S.ClH/c1-11-8-14(20-16(21)13-5-3-7-23-13)24-15(11)17(22)19-10-12-4-2-6-18-9-12;/h3,5,7-8,12,18H,2,4,6,9-10H2,1H3,(H,19,22)(H,20,21);1H. The number of aryl methyl sites for hydroxylation is 1. The number of anilines is 1. The van der Waals surface area contributed by atoms with Gasteiger partial charge in [0, 0.05) is 6.54 Å². The lowest BCUT2D eigenvalue weighted by atomic mass is 10.00. The number of piperidine rings is 1. The lowest BCUT2D eigenvalue weighted by molar-refractivity contribution is 0.0947. The minimum atomic E-state index is -0.318. The summed E-state index contributed by atoms with van der Waals surface area (Å²) in [4.78, 5) is 25.0. The molecule has 1 saturated heterocycles. The molecule has 136 valence electrons. The van der Waals surface area contributed by atoms with E-state index in [0.717, 1.165) is 31.5 Å². The molecule has 1 aliphatic rings. The molecule has 1 fully saturated rings. The molecule has 8 heteroatoms. The Morgan fingerprint density at radius 3 is 2.92 bits per heavy atom. The largest absolute Gasteiger partial charge is 0.459 e. The average Bonchev–Trinajstić information content (AvgIpc) is 3.23. The van der Waals surface area contributed by atoms with Crippen molar-refractivity contribution in [2.24, 2.45) is 5.92 Å². The second-order valence-corrected chi connectivity index (χ2v) is 7.03. The van der Waals surface area contributed by atoms with Gasteiger partial charge < -0.3 is 20.4 Å². The number of thiophene rings is 1. The Kier molecular flexibility index (Phi) is 7.04. The van der Waals surface area contributed by atoms with Gasteiger partial charge in [-0.15, -0.1) is 23.7 Å². The quantitative estimate of drug-likeness (QED) is 0.741. The van der Waals surface area contributed by atoms with Gasteiger partial charge in [-0.2, -0.15) is 0 Å². The molecule has 0 spiro atoms. The van der Waals surface area contributed by atoms with Crippen LogP contribution in [0.15, 0.2) is 28.9 Å². The van der Waals surface area contributed by atoms with Crippen LogP contribution in [0.5, 0.6) is 0 Å². The SMILES string of the molecule is Cc1cc(NC(=O)c2ccco2)sc1C(=O)NCC1CCCNC1.Cl. The maximum absolute atomic E-state index is 12.4. The lowest BCUT2D eigenvalue weighted by Crippen LogP contribution is -2.38. The van der Waals surface area contributed by atoms with E-state index in [-0.39, 0.29) is 30.0 Å². The van der Waals surface area contributed by atoms with Crippen LogP contribution in [-0.4, -0.2) is 31.4 Å².